The molecule has 0 fully saturated rings. The van der Waals surface area contributed by atoms with Gasteiger partial charge in [0.25, 0.3) is 0 Å². The van der Waals surface area contributed by atoms with E-state index >= 15 is 0 Å². The molecular formula is C27H38O2Si2. The highest BCUT2D eigenvalue weighted by Gasteiger charge is 2.53. The maximum absolute atomic E-state index is 6.66. The van der Waals surface area contributed by atoms with E-state index in [9.17, 15) is 0 Å². The van der Waals surface area contributed by atoms with Gasteiger partial charge in [-0.15, -0.1) is 0 Å². The molecule has 1 heterocycles. The van der Waals surface area contributed by atoms with Crippen molar-refractivity contribution in [3.8, 4) is 0 Å². The van der Waals surface area contributed by atoms with Gasteiger partial charge in [0.15, 0.2) is 16.4 Å². The zero-order valence-electron chi connectivity index (χ0n) is 20.5. The van der Waals surface area contributed by atoms with Crippen LogP contribution in [0.1, 0.15) is 47.1 Å². The summed E-state index contributed by atoms with van der Waals surface area (Å²) in [5, 5.41) is 4.04. The molecular weight excluding hydrogens is 412 g/mol. The largest absolute Gasteiger partial charge is 0.473 e. The fourth-order valence-electron chi connectivity index (χ4n) is 4.26. The average Bonchev–Trinajstić information content (AvgIpc) is 3.15. The molecule has 0 radical (unpaired) electrons. The van der Waals surface area contributed by atoms with Crippen molar-refractivity contribution in [1.82, 2.24) is 0 Å². The summed E-state index contributed by atoms with van der Waals surface area (Å²) in [4.78, 5) is 0. The smallest absolute Gasteiger partial charge is 0.198 e. The van der Waals surface area contributed by atoms with Crippen LogP contribution in [-0.4, -0.2) is 16.4 Å². The molecule has 1 aromatic heterocycles. The highest BCUT2D eigenvalue weighted by Crippen LogP contribution is 2.39. The van der Waals surface area contributed by atoms with Gasteiger partial charge in [0.05, 0.1) is 18.3 Å². The van der Waals surface area contributed by atoms with Crippen molar-refractivity contribution >= 4 is 32.1 Å². The van der Waals surface area contributed by atoms with Crippen molar-refractivity contribution in [2.75, 3.05) is 0 Å². The molecule has 0 spiro atoms. The molecule has 31 heavy (non-hydrogen) atoms. The first-order valence-corrected chi connectivity index (χ1v) is 16.1. The van der Waals surface area contributed by atoms with E-state index in [1.165, 1.54) is 15.9 Å². The number of rotatable bonds is 6. The van der Waals surface area contributed by atoms with E-state index in [0.29, 0.717) is 6.61 Å². The highest BCUT2D eigenvalue weighted by atomic mass is 28.4. The normalized spacial score (nSPS) is 13.4. The maximum Gasteiger partial charge on any atom is 0.198 e. The van der Waals surface area contributed by atoms with Gasteiger partial charge in [0.1, 0.15) is 0 Å². The predicted molar refractivity (Wildman–Crippen MR) is 138 cm³/mol. The van der Waals surface area contributed by atoms with Crippen LogP contribution in [0.25, 0.3) is 0 Å². The van der Waals surface area contributed by atoms with E-state index in [0.717, 1.165) is 5.38 Å². The van der Waals surface area contributed by atoms with Crippen LogP contribution in [0.15, 0.2) is 77.4 Å². The predicted octanol–water partition coefficient (Wildman–Crippen LogP) is 6.07. The molecule has 2 aromatic carbocycles. The van der Waals surface area contributed by atoms with Gasteiger partial charge >= 0.3 is 0 Å². The van der Waals surface area contributed by atoms with Gasteiger partial charge in [-0.05, 0) is 39.6 Å². The van der Waals surface area contributed by atoms with E-state index in [-0.39, 0.29) is 10.1 Å². The van der Waals surface area contributed by atoms with Crippen molar-refractivity contribution in [2.24, 2.45) is 0 Å². The SMILES string of the molecule is CC(C)(C)[Si](C)(C)OCc1ccoc1[Si](c1ccccc1)(c1ccccc1)C(C)(C)C. The summed E-state index contributed by atoms with van der Waals surface area (Å²) in [6.07, 6.45) is 1.86. The summed E-state index contributed by atoms with van der Waals surface area (Å²) < 4.78 is 13.1. The Kier molecular flexibility index (Phi) is 6.57. The average molecular weight is 451 g/mol. The number of hydrogen-bond acceptors (Lipinski definition) is 2. The monoisotopic (exact) mass is 450 g/mol. The summed E-state index contributed by atoms with van der Waals surface area (Å²) in [7, 11) is -4.36. The Bertz CT molecular complexity index is 938. The van der Waals surface area contributed by atoms with Crippen molar-refractivity contribution < 1.29 is 8.84 Å². The molecule has 0 bridgehead atoms. The van der Waals surface area contributed by atoms with Gasteiger partial charge in [-0.25, -0.2) is 0 Å². The topological polar surface area (TPSA) is 22.4 Å². The third kappa shape index (κ3) is 4.39. The van der Waals surface area contributed by atoms with E-state index in [1.54, 1.807) is 0 Å². The summed E-state index contributed by atoms with van der Waals surface area (Å²) in [5.41, 5.74) is 1.19. The quantitative estimate of drug-likeness (QED) is 0.425. The van der Waals surface area contributed by atoms with E-state index < -0.39 is 16.4 Å². The van der Waals surface area contributed by atoms with Gasteiger partial charge in [0.2, 0.25) is 0 Å². The maximum atomic E-state index is 6.66. The molecule has 0 atom stereocenters. The van der Waals surface area contributed by atoms with Crippen molar-refractivity contribution in [1.29, 1.82) is 0 Å². The summed E-state index contributed by atoms with van der Waals surface area (Å²) >= 11 is 0. The Labute approximate surface area is 190 Å². The Hall–Kier alpha value is -1.89. The van der Waals surface area contributed by atoms with Crippen LogP contribution >= 0.6 is 0 Å². The first-order valence-electron chi connectivity index (χ1n) is 11.2. The van der Waals surface area contributed by atoms with E-state index in [2.05, 4.69) is 121 Å². The highest BCUT2D eigenvalue weighted by molar-refractivity contribution is 7.12. The zero-order chi connectivity index (χ0) is 22.9. The van der Waals surface area contributed by atoms with Crippen LogP contribution in [0.2, 0.25) is 23.2 Å². The minimum absolute atomic E-state index is 0.000711. The Morgan fingerprint density at radius 2 is 1.19 bits per heavy atom. The third-order valence-electron chi connectivity index (χ3n) is 7.02. The molecule has 0 unspecified atom stereocenters. The standard InChI is InChI=1S/C27H38O2Si2/c1-26(2,3)30(7,8)29-21-22-19-20-28-25(22)31(27(4,5)6,23-15-11-9-12-16-23)24-17-13-10-14-18-24/h9-20H,21H2,1-8H3. The minimum Gasteiger partial charge on any atom is -0.473 e. The molecule has 0 saturated heterocycles. The van der Waals surface area contributed by atoms with Crippen LogP contribution in [0.4, 0.5) is 0 Å². The molecule has 166 valence electrons. The first-order chi connectivity index (χ1) is 14.4. The lowest BCUT2D eigenvalue weighted by Gasteiger charge is -2.43. The third-order valence-corrected chi connectivity index (χ3v) is 17.3. The summed E-state index contributed by atoms with van der Waals surface area (Å²) in [6.45, 7) is 19.2. The second kappa shape index (κ2) is 8.57. The molecule has 2 nitrogen and oxygen atoms in total. The Balaban J connectivity index is 2.21. The molecule has 0 aliphatic rings. The second-order valence-corrected chi connectivity index (χ2v) is 20.5. The lowest BCUT2D eigenvalue weighted by molar-refractivity contribution is 0.276. The second-order valence-electron chi connectivity index (χ2n) is 11.1. The van der Waals surface area contributed by atoms with Gasteiger partial charge in [0, 0.05) is 5.56 Å². The van der Waals surface area contributed by atoms with Crippen molar-refractivity contribution in [3.05, 3.63) is 78.6 Å². The Morgan fingerprint density at radius 1 is 0.710 bits per heavy atom. The summed E-state index contributed by atoms with van der Waals surface area (Å²) in [5.74, 6) is 0. The van der Waals surface area contributed by atoms with Crippen LogP contribution < -0.4 is 15.8 Å². The fourth-order valence-corrected chi connectivity index (χ4v) is 10.8. The van der Waals surface area contributed by atoms with Gasteiger partial charge < -0.3 is 8.84 Å². The van der Waals surface area contributed by atoms with Gasteiger partial charge in [-0.2, -0.15) is 0 Å². The minimum atomic E-state index is -2.49. The molecule has 4 heteroatoms. The molecule has 0 amide bonds. The lowest BCUT2D eigenvalue weighted by Crippen LogP contribution is -2.72. The molecule has 3 aromatic rings. The van der Waals surface area contributed by atoms with E-state index in [1.807, 2.05) is 6.26 Å². The van der Waals surface area contributed by atoms with Gasteiger partial charge in [-0.1, -0.05) is 102 Å². The zero-order valence-corrected chi connectivity index (χ0v) is 22.5. The van der Waals surface area contributed by atoms with E-state index in [4.69, 9.17) is 8.84 Å². The summed E-state index contributed by atoms with van der Waals surface area (Å²) in [6, 6.07) is 24.1. The Morgan fingerprint density at radius 3 is 1.61 bits per heavy atom. The van der Waals surface area contributed by atoms with Crippen LogP contribution in [0.3, 0.4) is 0 Å². The van der Waals surface area contributed by atoms with Crippen LogP contribution in [0, 0.1) is 0 Å². The number of hydrogen-bond donors (Lipinski definition) is 0. The number of furan rings is 1. The molecule has 3 rings (SSSR count). The molecule has 0 N–H and O–H groups in total. The van der Waals surface area contributed by atoms with Crippen LogP contribution in [-0.2, 0) is 11.0 Å². The van der Waals surface area contributed by atoms with Crippen molar-refractivity contribution in [2.45, 2.75) is 71.3 Å². The van der Waals surface area contributed by atoms with Crippen LogP contribution in [0.5, 0.6) is 0 Å². The number of benzene rings is 2. The molecule has 0 saturated carbocycles. The lowest BCUT2D eigenvalue weighted by atomic mass is 10.2. The van der Waals surface area contributed by atoms with Crippen molar-refractivity contribution in [3.63, 3.8) is 0 Å². The molecule has 0 aliphatic carbocycles. The van der Waals surface area contributed by atoms with Gasteiger partial charge in [-0.3, -0.25) is 0 Å². The fraction of sp³-hybridized carbons (Fsp3) is 0.407. The first kappa shape index (κ1) is 23.8. The molecule has 0 aliphatic heterocycles.